The molecule has 0 aliphatic heterocycles. The molecule has 1 heterocycles. The normalized spacial score (nSPS) is 18.3. The quantitative estimate of drug-likeness (QED) is 0.842. The SMILES string of the molecule is COC(=O)Nc1nc2c(s1)CCC[C@H]2C(=O)O. The molecule has 0 unspecified atom stereocenters. The van der Waals surface area contributed by atoms with Crippen molar-refractivity contribution in [3.05, 3.63) is 10.6 Å². The number of nitrogens with one attached hydrogen (secondary N) is 1. The Bertz CT molecular complexity index is 457. The van der Waals surface area contributed by atoms with E-state index < -0.39 is 18.0 Å². The first kappa shape index (κ1) is 11.8. The number of rotatable bonds is 2. The molecule has 0 bridgehead atoms. The van der Waals surface area contributed by atoms with Crippen LogP contribution in [0.1, 0.15) is 29.3 Å². The molecule has 0 fully saturated rings. The summed E-state index contributed by atoms with van der Waals surface area (Å²) in [5.41, 5.74) is 0.583. The van der Waals surface area contributed by atoms with Gasteiger partial charge in [-0.15, -0.1) is 11.3 Å². The number of thiazole rings is 1. The first-order valence-electron chi connectivity index (χ1n) is 5.19. The summed E-state index contributed by atoms with van der Waals surface area (Å²) in [6, 6.07) is 0. The van der Waals surface area contributed by atoms with Crippen molar-refractivity contribution in [2.45, 2.75) is 25.2 Å². The topological polar surface area (TPSA) is 88.5 Å². The van der Waals surface area contributed by atoms with Gasteiger partial charge in [0, 0.05) is 4.88 Å². The van der Waals surface area contributed by atoms with Gasteiger partial charge in [-0.1, -0.05) is 0 Å². The Morgan fingerprint density at radius 3 is 3.00 bits per heavy atom. The van der Waals surface area contributed by atoms with E-state index in [0.717, 1.165) is 17.7 Å². The number of ether oxygens (including phenoxy) is 1. The van der Waals surface area contributed by atoms with Crippen molar-refractivity contribution in [1.82, 2.24) is 4.98 Å². The molecular formula is C10H12N2O4S. The van der Waals surface area contributed by atoms with E-state index in [1.807, 2.05) is 0 Å². The van der Waals surface area contributed by atoms with Crippen molar-refractivity contribution in [3.63, 3.8) is 0 Å². The van der Waals surface area contributed by atoms with Gasteiger partial charge in [-0.2, -0.15) is 0 Å². The molecule has 92 valence electrons. The van der Waals surface area contributed by atoms with Crippen molar-refractivity contribution >= 4 is 28.5 Å². The Labute approximate surface area is 102 Å². The Morgan fingerprint density at radius 1 is 1.59 bits per heavy atom. The number of aliphatic carboxylic acids is 1. The maximum atomic E-state index is 11.1. The van der Waals surface area contributed by atoms with Gasteiger partial charge in [0.2, 0.25) is 0 Å². The van der Waals surface area contributed by atoms with E-state index >= 15 is 0 Å². The molecule has 1 atom stereocenters. The molecule has 1 amide bonds. The number of hydrogen-bond donors (Lipinski definition) is 2. The number of amides is 1. The zero-order chi connectivity index (χ0) is 12.4. The fourth-order valence-electron chi connectivity index (χ4n) is 1.85. The van der Waals surface area contributed by atoms with Crippen molar-refractivity contribution in [2.75, 3.05) is 12.4 Å². The largest absolute Gasteiger partial charge is 0.481 e. The second kappa shape index (κ2) is 4.70. The van der Waals surface area contributed by atoms with E-state index in [1.54, 1.807) is 0 Å². The van der Waals surface area contributed by atoms with Crippen molar-refractivity contribution in [2.24, 2.45) is 0 Å². The van der Waals surface area contributed by atoms with Crippen LogP contribution in [0.2, 0.25) is 0 Å². The number of carboxylic acid groups (broad SMARTS) is 1. The second-order valence-corrected chi connectivity index (χ2v) is 4.81. The van der Waals surface area contributed by atoms with Crippen LogP contribution >= 0.6 is 11.3 Å². The average molecular weight is 256 g/mol. The Hall–Kier alpha value is -1.63. The van der Waals surface area contributed by atoms with Crippen molar-refractivity contribution in [3.8, 4) is 0 Å². The number of carboxylic acids is 1. The first-order valence-corrected chi connectivity index (χ1v) is 6.01. The molecule has 0 saturated carbocycles. The van der Waals surface area contributed by atoms with Gasteiger partial charge in [0.25, 0.3) is 0 Å². The maximum Gasteiger partial charge on any atom is 0.413 e. The van der Waals surface area contributed by atoms with Crippen LogP contribution in [0.4, 0.5) is 9.93 Å². The van der Waals surface area contributed by atoms with Gasteiger partial charge in [0.15, 0.2) is 5.13 Å². The number of carbonyl (C=O) groups is 2. The monoisotopic (exact) mass is 256 g/mol. The summed E-state index contributed by atoms with van der Waals surface area (Å²) in [4.78, 5) is 27.2. The zero-order valence-corrected chi connectivity index (χ0v) is 10.0. The summed E-state index contributed by atoms with van der Waals surface area (Å²) < 4.78 is 4.46. The van der Waals surface area contributed by atoms with Gasteiger partial charge < -0.3 is 9.84 Å². The highest BCUT2D eigenvalue weighted by Crippen LogP contribution is 2.36. The van der Waals surface area contributed by atoms with Crippen LogP contribution in [-0.4, -0.2) is 29.3 Å². The maximum absolute atomic E-state index is 11.1. The van der Waals surface area contributed by atoms with Gasteiger partial charge in [-0.3, -0.25) is 10.1 Å². The van der Waals surface area contributed by atoms with E-state index in [0.29, 0.717) is 17.2 Å². The van der Waals surface area contributed by atoms with E-state index in [2.05, 4.69) is 15.0 Å². The lowest BCUT2D eigenvalue weighted by atomic mass is 9.91. The third-order valence-corrected chi connectivity index (χ3v) is 3.69. The molecule has 17 heavy (non-hydrogen) atoms. The lowest BCUT2D eigenvalue weighted by molar-refractivity contribution is -0.139. The molecule has 0 radical (unpaired) electrons. The molecule has 2 rings (SSSR count). The summed E-state index contributed by atoms with van der Waals surface area (Å²) in [5.74, 6) is -1.41. The van der Waals surface area contributed by atoms with Crippen LogP contribution in [0.15, 0.2) is 0 Å². The molecule has 0 saturated heterocycles. The van der Waals surface area contributed by atoms with Crippen LogP contribution < -0.4 is 5.32 Å². The van der Waals surface area contributed by atoms with Crippen LogP contribution in [-0.2, 0) is 16.0 Å². The average Bonchev–Trinajstić information content (AvgIpc) is 2.70. The van der Waals surface area contributed by atoms with Crippen LogP contribution in [0.3, 0.4) is 0 Å². The van der Waals surface area contributed by atoms with Gasteiger partial charge in [-0.05, 0) is 19.3 Å². The van der Waals surface area contributed by atoms with Gasteiger partial charge in [0.05, 0.1) is 12.8 Å². The number of aryl methyl sites for hydroxylation is 1. The Kier molecular flexibility index (Phi) is 3.28. The summed E-state index contributed by atoms with van der Waals surface area (Å²) in [7, 11) is 1.27. The van der Waals surface area contributed by atoms with Crippen LogP contribution in [0, 0.1) is 0 Å². The lowest BCUT2D eigenvalue weighted by Crippen LogP contribution is -2.17. The highest BCUT2D eigenvalue weighted by molar-refractivity contribution is 7.15. The number of nitrogens with zero attached hydrogens (tertiary/aromatic N) is 1. The fourth-order valence-corrected chi connectivity index (χ4v) is 2.90. The Morgan fingerprint density at radius 2 is 2.35 bits per heavy atom. The van der Waals surface area contributed by atoms with E-state index in [1.165, 1.54) is 18.4 Å². The van der Waals surface area contributed by atoms with E-state index in [-0.39, 0.29) is 0 Å². The molecule has 1 aliphatic rings. The first-order chi connectivity index (χ1) is 8.11. The molecule has 1 aromatic rings. The van der Waals surface area contributed by atoms with Crippen LogP contribution in [0.25, 0.3) is 0 Å². The predicted molar refractivity (Wildman–Crippen MR) is 61.5 cm³/mol. The minimum absolute atomic E-state index is 0.398. The number of aromatic nitrogens is 1. The fraction of sp³-hybridized carbons (Fsp3) is 0.500. The summed E-state index contributed by atoms with van der Waals surface area (Å²) >= 11 is 1.31. The van der Waals surface area contributed by atoms with Gasteiger partial charge in [-0.25, -0.2) is 9.78 Å². The van der Waals surface area contributed by atoms with E-state index in [9.17, 15) is 9.59 Å². The number of carbonyl (C=O) groups excluding carboxylic acids is 1. The molecule has 6 nitrogen and oxygen atoms in total. The minimum atomic E-state index is -0.860. The summed E-state index contributed by atoms with van der Waals surface area (Å²) in [5, 5.41) is 11.9. The predicted octanol–water partition coefficient (Wildman–Crippen LogP) is 1.83. The molecule has 1 aromatic heterocycles. The molecule has 0 spiro atoms. The third kappa shape index (κ3) is 2.38. The zero-order valence-electron chi connectivity index (χ0n) is 9.23. The van der Waals surface area contributed by atoms with Crippen molar-refractivity contribution < 1.29 is 19.4 Å². The van der Waals surface area contributed by atoms with Crippen molar-refractivity contribution in [1.29, 1.82) is 0 Å². The number of hydrogen-bond acceptors (Lipinski definition) is 5. The summed E-state index contributed by atoms with van der Waals surface area (Å²) in [6.07, 6.45) is 1.66. The minimum Gasteiger partial charge on any atom is -0.481 e. The van der Waals surface area contributed by atoms with E-state index in [4.69, 9.17) is 5.11 Å². The number of anilines is 1. The molecule has 2 N–H and O–H groups in total. The van der Waals surface area contributed by atoms with Gasteiger partial charge >= 0.3 is 12.1 Å². The Balaban J connectivity index is 2.24. The number of methoxy groups -OCH3 is 1. The lowest BCUT2D eigenvalue weighted by Gasteiger charge is -2.16. The molecule has 7 heteroatoms. The third-order valence-electron chi connectivity index (χ3n) is 2.65. The highest BCUT2D eigenvalue weighted by atomic mass is 32.1. The molecule has 1 aliphatic carbocycles. The highest BCUT2D eigenvalue weighted by Gasteiger charge is 2.30. The molecule has 0 aromatic carbocycles. The standard InChI is InChI=1S/C10H12N2O4S/c1-16-10(15)12-9-11-7-5(8(13)14)3-2-4-6(7)17-9/h5H,2-4H2,1H3,(H,13,14)(H,11,12,15)/t5-/m1/s1. The smallest absolute Gasteiger partial charge is 0.413 e. The second-order valence-electron chi connectivity index (χ2n) is 3.73. The molecular weight excluding hydrogens is 244 g/mol. The summed E-state index contributed by atoms with van der Waals surface area (Å²) in [6.45, 7) is 0. The van der Waals surface area contributed by atoms with Gasteiger partial charge in [0.1, 0.15) is 5.92 Å². The number of fused-ring (bicyclic) bond motifs is 1. The van der Waals surface area contributed by atoms with Crippen LogP contribution in [0.5, 0.6) is 0 Å².